The Morgan fingerprint density at radius 2 is 0.756 bits per heavy atom. The van der Waals surface area contributed by atoms with Gasteiger partial charge < -0.3 is 28.8 Å². The van der Waals surface area contributed by atoms with Gasteiger partial charge >= 0.3 is 0 Å². The van der Waals surface area contributed by atoms with E-state index in [0.717, 1.165) is 70.6 Å². The summed E-state index contributed by atoms with van der Waals surface area (Å²) in [6.07, 6.45) is 90.0. The SMILES string of the molecule is CC/C=C\C/C=C\C/C=C\C/C=C\CCCCCCCCCCCCCCCCCCCCCCCCC(=O)NC(COP(=O)([O-])OCC[N+](C)(C)C)C(O)/C=C/CC/C=C/CC/C=C/CCCCCCCCCCCCCCCCC. The molecule has 1 amide bonds. The van der Waals surface area contributed by atoms with Gasteiger partial charge in [0.1, 0.15) is 13.2 Å². The third-order valence-electron chi connectivity index (χ3n) is 15.6. The number of carbonyl (C=O) groups excluding carboxylic acids is 1. The highest BCUT2D eigenvalue weighted by Crippen LogP contribution is 2.38. The molecule has 0 aliphatic heterocycles. The Morgan fingerprint density at radius 1 is 0.439 bits per heavy atom. The molecule has 0 spiro atoms. The van der Waals surface area contributed by atoms with Gasteiger partial charge in [-0.05, 0) is 83.5 Å². The Morgan fingerprint density at radius 3 is 1.13 bits per heavy atom. The molecule has 8 nitrogen and oxygen atoms in total. The van der Waals surface area contributed by atoms with Crippen molar-refractivity contribution >= 4 is 13.7 Å². The van der Waals surface area contributed by atoms with E-state index in [0.29, 0.717) is 17.4 Å². The van der Waals surface area contributed by atoms with Crippen molar-refractivity contribution < 1.29 is 32.9 Å². The number of rotatable bonds is 64. The molecule has 0 aromatic carbocycles. The number of hydrogen-bond donors (Lipinski definition) is 2. The Balaban J connectivity index is 4.08. The minimum atomic E-state index is -4.62. The van der Waals surface area contributed by atoms with Gasteiger partial charge in [-0.25, -0.2) is 0 Å². The van der Waals surface area contributed by atoms with Gasteiger partial charge in [0.25, 0.3) is 7.82 Å². The van der Waals surface area contributed by atoms with E-state index in [1.165, 1.54) is 231 Å². The zero-order chi connectivity index (χ0) is 59.8. The molecule has 3 atom stereocenters. The molecular weight excluding hydrogens is 1030 g/mol. The van der Waals surface area contributed by atoms with E-state index < -0.39 is 26.6 Å². The number of allylic oxidation sites excluding steroid dienone is 13. The number of hydrogen-bond acceptors (Lipinski definition) is 6. The molecule has 0 aliphatic carbocycles. The maximum absolute atomic E-state index is 13.0. The van der Waals surface area contributed by atoms with E-state index in [9.17, 15) is 19.4 Å². The molecule has 0 rings (SSSR count). The lowest BCUT2D eigenvalue weighted by molar-refractivity contribution is -0.870. The van der Waals surface area contributed by atoms with Gasteiger partial charge in [-0.2, -0.15) is 0 Å². The molecule has 3 unspecified atom stereocenters. The first-order valence-corrected chi connectivity index (χ1v) is 36.4. The number of nitrogens with one attached hydrogen (secondary N) is 1. The van der Waals surface area contributed by atoms with E-state index >= 15 is 0 Å². The van der Waals surface area contributed by atoms with Crippen LogP contribution in [0.2, 0.25) is 0 Å². The van der Waals surface area contributed by atoms with Crippen LogP contribution in [0.4, 0.5) is 0 Å². The van der Waals surface area contributed by atoms with E-state index in [1.807, 2.05) is 27.2 Å². The first kappa shape index (κ1) is 79.7. The van der Waals surface area contributed by atoms with Crippen LogP contribution in [0.1, 0.15) is 322 Å². The monoisotopic (exact) mass is 1170 g/mol. The number of phosphoric ester groups is 1. The molecule has 0 aromatic heterocycles. The maximum Gasteiger partial charge on any atom is 0.268 e. The number of carbonyl (C=O) groups is 1. The fraction of sp³-hybridized carbons (Fsp3) is 0.795. The molecule has 0 radical (unpaired) electrons. The number of nitrogens with zero attached hydrogens (tertiary/aromatic N) is 1. The summed E-state index contributed by atoms with van der Waals surface area (Å²) in [5.41, 5.74) is 0. The van der Waals surface area contributed by atoms with Crippen LogP contribution in [0.5, 0.6) is 0 Å². The number of likely N-dealkylation sites (N-methyl/N-ethyl adjacent to an activating group) is 1. The summed E-state index contributed by atoms with van der Waals surface area (Å²) in [6.45, 7) is 4.54. The molecule has 0 saturated carbocycles. The Hall–Kier alpha value is -2.32. The zero-order valence-corrected chi connectivity index (χ0v) is 55.6. The van der Waals surface area contributed by atoms with Crippen LogP contribution in [0.15, 0.2) is 85.1 Å². The van der Waals surface area contributed by atoms with Crippen LogP contribution in [-0.2, 0) is 18.4 Å². The van der Waals surface area contributed by atoms with E-state index in [4.69, 9.17) is 9.05 Å². The van der Waals surface area contributed by atoms with E-state index in [-0.39, 0.29) is 12.5 Å². The predicted molar refractivity (Wildman–Crippen MR) is 357 cm³/mol. The average molecular weight is 1170 g/mol. The van der Waals surface area contributed by atoms with Gasteiger partial charge in [0, 0.05) is 6.42 Å². The van der Waals surface area contributed by atoms with Crippen molar-refractivity contribution in [1.29, 1.82) is 0 Å². The number of unbranched alkanes of at least 4 members (excludes halogenated alkanes) is 39. The van der Waals surface area contributed by atoms with Crippen LogP contribution >= 0.6 is 7.82 Å². The van der Waals surface area contributed by atoms with Crippen LogP contribution < -0.4 is 10.2 Å². The predicted octanol–water partition coefficient (Wildman–Crippen LogP) is 21.7. The molecule has 478 valence electrons. The smallest absolute Gasteiger partial charge is 0.268 e. The zero-order valence-electron chi connectivity index (χ0n) is 54.7. The number of quaternary nitrogens is 1. The molecule has 0 heterocycles. The van der Waals surface area contributed by atoms with Crippen molar-refractivity contribution in [3.8, 4) is 0 Å². The Bertz CT molecular complexity index is 1610. The standard InChI is InChI=1S/C73H135N2O6P/c1-6-8-10-12-14-16-18-20-22-24-26-28-30-32-33-34-35-36-37-38-39-40-41-43-45-47-49-51-53-55-57-59-61-63-65-67-73(77)74-71(70-81-82(78,79)80-69-68-75(3,4)5)72(76)66-64-62-60-58-56-54-52-50-48-46-44-42-31-29-27-25-23-21-19-17-15-13-11-9-7-2/h8,10,14,16,20,22,26,28,48,50,56,58,64,66,71-72,76H,6-7,9,11-13,15,17-19,21,23-25,27,29-47,49,51-55,57,59-63,65,67-70H2,1-5H3,(H-,74,77,78,79)/b10-8-,16-14-,22-20-,28-26-,50-48+,58-56+,66-64+. The molecular formula is C73H135N2O6P. The molecule has 2 N–H and O–H groups in total. The normalized spacial score (nSPS) is 14.2. The first-order valence-electron chi connectivity index (χ1n) is 34.9. The van der Waals surface area contributed by atoms with Crippen molar-refractivity contribution in [2.24, 2.45) is 0 Å². The maximum atomic E-state index is 13.0. The molecule has 0 saturated heterocycles. The summed E-state index contributed by atoms with van der Waals surface area (Å²) < 4.78 is 23.4. The lowest BCUT2D eigenvalue weighted by Crippen LogP contribution is -2.45. The Kier molecular flexibility index (Phi) is 61.4. The topological polar surface area (TPSA) is 108 Å². The minimum absolute atomic E-state index is 0.00990. The molecule has 0 aliphatic rings. The van der Waals surface area contributed by atoms with Crippen molar-refractivity contribution in [2.75, 3.05) is 40.9 Å². The van der Waals surface area contributed by atoms with Crippen molar-refractivity contribution in [3.63, 3.8) is 0 Å². The van der Waals surface area contributed by atoms with Crippen LogP contribution in [0.3, 0.4) is 0 Å². The quantitative estimate of drug-likeness (QED) is 0.0272. The first-order chi connectivity index (χ1) is 40.0. The van der Waals surface area contributed by atoms with Gasteiger partial charge in [-0.15, -0.1) is 0 Å². The van der Waals surface area contributed by atoms with Gasteiger partial charge in [0.2, 0.25) is 5.91 Å². The van der Waals surface area contributed by atoms with E-state index in [2.05, 4.69) is 92.1 Å². The number of phosphoric acid groups is 1. The second-order valence-electron chi connectivity index (χ2n) is 24.8. The lowest BCUT2D eigenvalue weighted by atomic mass is 10.0. The van der Waals surface area contributed by atoms with Crippen molar-refractivity contribution in [2.45, 2.75) is 334 Å². The molecule has 0 fully saturated rings. The molecule has 9 heteroatoms. The number of amides is 1. The summed E-state index contributed by atoms with van der Waals surface area (Å²) in [7, 11) is 1.24. The summed E-state index contributed by atoms with van der Waals surface area (Å²) in [4.78, 5) is 25.6. The highest BCUT2D eigenvalue weighted by molar-refractivity contribution is 7.45. The third-order valence-corrected chi connectivity index (χ3v) is 16.5. The minimum Gasteiger partial charge on any atom is -0.756 e. The van der Waals surface area contributed by atoms with Gasteiger partial charge in [-0.3, -0.25) is 9.36 Å². The summed E-state index contributed by atoms with van der Waals surface area (Å²) >= 11 is 0. The van der Waals surface area contributed by atoms with Gasteiger partial charge in [0.15, 0.2) is 0 Å². The van der Waals surface area contributed by atoms with Crippen molar-refractivity contribution in [3.05, 3.63) is 85.1 Å². The van der Waals surface area contributed by atoms with Crippen LogP contribution in [0.25, 0.3) is 0 Å². The average Bonchev–Trinajstić information content (AvgIpc) is 3.45. The van der Waals surface area contributed by atoms with Gasteiger partial charge in [0.05, 0.1) is 39.9 Å². The summed E-state index contributed by atoms with van der Waals surface area (Å²) in [6, 6.07) is -0.913. The number of aliphatic hydroxyl groups excluding tert-OH is 1. The highest BCUT2D eigenvalue weighted by atomic mass is 31.2. The summed E-state index contributed by atoms with van der Waals surface area (Å²) in [5.74, 6) is -0.207. The van der Waals surface area contributed by atoms with E-state index in [1.54, 1.807) is 6.08 Å². The Labute approximate surface area is 509 Å². The van der Waals surface area contributed by atoms with Crippen LogP contribution in [0, 0.1) is 0 Å². The summed E-state index contributed by atoms with van der Waals surface area (Å²) in [5, 5.41) is 13.9. The van der Waals surface area contributed by atoms with Gasteiger partial charge in [-0.1, -0.05) is 317 Å². The fourth-order valence-electron chi connectivity index (χ4n) is 10.2. The molecule has 0 bridgehead atoms. The largest absolute Gasteiger partial charge is 0.756 e. The number of aliphatic hydroxyl groups is 1. The molecule has 0 aromatic rings. The van der Waals surface area contributed by atoms with Crippen molar-refractivity contribution in [1.82, 2.24) is 5.32 Å². The second kappa shape index (κ2) is 63.2. The highest BCUT2D eigenvalue weighted by Gasteiger charge is 2.23. The second-order valence-corrected chi connectivity index (χ2v) is 26.2. The lowest BCUT2D eigenvalue weighted by Gasteiger charge is -2.29. The molecule has 82 heavy (non-hydrogen) atoms. The third kappa shape index (κ3) is 65.2. The van der Waals surface area contributed by atoms with Crippen LogP contribution in [-0.4, -0.2) is 68.5 Å². The fourth-order valence-corrected chi connectivity index (χ4v) is 10.9.